The highest BCUT2D eigenvalue weighted by molar-refractivity contribution is 5.35. The van der Waals surface area contributed by atoms with E-state index in [0.29, 0.717) is 0 Å². The van der Waals surface area contributed by atoms with Gasteiger partial charge in [0, 0.05) is 32.5 Å². The summed E-state index contributed by atoms with van der Waals surface area (Å²) >= 11 is 0. The van der Waals surface area contributed by atoms with Crippen LogP contribution in [0, 0.1) is 17.8 Å². The van der Waals surface area contributed by atoms with Gasteiger partial charge in [-0.15, -0.1) is 6.58 Å². The average Bonchev–Trinajstić information content (AvgIpc) is 2.72. The molecule has 2 fully saturated rings. The average molecular weight is 255 g/mol. The molecule has 1 heterocycles. The molecule has 100 valence electrons. The topological polar surface area (TPSA) is 23.5 Å². The second-order valence-corrected chi connectivity index (χ2v) is 6.68. The van der Waals surface area contributed by atoms with Crippen LogP contribution in [0.15, 0.2) is 36.9 Å². The summed E-state index contributed by atoms with van der Waals surface area (Å²) in [6, 6.07) is 8.46. The van der Waals surface area contributed by atoms with Crippen LogP contribution in [0.5, 0.6) is 0 Å². The maximum Gasteiger partial charge on any atom is 0.0854 e. The summed E-state index contributed by atoms with van der Waals surface area (Å²) in [4.78, 5) is 2.46. The van der Waals surface area contributed by atoms with Crippen LogP contribution in [-0.4, -0.2) is 35.2 Å². The number of β-amino-alcohol motifs (C(OH)–C–C–N with tert-alkyl or cyclic N) is 1. The number of benzene rings is 1. The van der Waals surface area contributed by atoms with E-state index in [4.69, 9.17) is 0 Å². The highest BCUT2D eigenvalue weighted by atomic mass is 16.3. The van der Waals surface area contributed by atoms with Gasteiger partial charge in [-0.1, -0.05) is 30.3 Å². The van der Waals surface area contributed by atoms with E-state index >= 15 is 0 Å². The number of rotatable bonds is 3. The number of likely N-dealkylation sites (tertiary alicyclic amines) is 1. The molecule has 0 radical (unpaired) electrons. The van der Waals surface area contributed by atoms with Crippen LogP contribution in [0.1, 0.15) is 11.1 Å². The lowest BCUT2D eigenvalue weighted by molar-refractivity contribution is 0.0151. The first-order valence-corrected chi connectivity index (χ1v) is 7.33. The standard InChI is InChI=1S/C17H21NO/c1-2-14-15-9-18(10-16(14)15)11-17(19)7-12-5-3-4-6-13(12)8-17/h2-6,14-16,19H,1,7-11H2. The van der Waals surface area contributed by atoms with Crippen LogP contribution < -0.4 is 0 Å². The molecule has 1 N–H and O–H groups in total. The number of hydrogen-bond acceptors (Lipinski definition) is 2. The molecule has 1 aliphatic heterocycles. The fourth-order valence-electron chi connectivity index (χ4n) is 4.34. The van der Waals surface area contributed by atoms with Crippen molar-refractivity contribution in [2.24, 2.45) is 17.8 Å². The minimum Gasteiger partial charge on any atom is -0.388 e. The van der Waals surface area contributed by atoms with Gasteiger partial charge in [-0.2, -0.15) is 0 Å². The fourth-order valence-corrected chi connectivity index (χ4v) is 4.34. The first-order valence-electron chi connectivity index (χ1n) is 7.33. The zero-order chi connectivity index (χ0) is 13.0. The van der Waals surface area contributed by atoms with Crippen molar-refractivity contribution in [3.8, 4) is 0 Å². The van der Waals surface area contributed by atoms with Gasteiger partial charge in [0.1, 0.15) is 0 Å². The van der Waals surface area contributed by atoms with Crippen molar-refractivity contribution in [3.05, 3.63) is 48.0 Å². The van der Waals surface area contributed by atoms with Gasteiger partial charge in [0.25, 0.3) is 0 Å². The predicted octanol–water partition coefficient (Wildman–Crippen LogP) is 1.88. The van der Waals surface area contributed by atoms with E-state index in [9.17, 15) is 5.11 Å². The van der Waals surface area contributed by atoms with Crippen molar-refractivity contribution < 1.29 is 5.11 Å². The van der Waals surface area contributed by atoms with E-state index in [0.717, 1.165) is 50.2 Å². The Morgan fingerprint density at radius 2 is 1.79 bits per heavy atom. The molecule has 0 spiro atoms. The molecule has 2 heteroatoms. The third kappa shape index (κ3) is 1.86. The van der Waals surface area contributed by atoms with Gasteiger partial charge in [-0.3, -0.25) is 4.90 Å². The third-order valence-corrected chi connectivity index (χ3v) is 5.28. The van der Waals surface area contributed by atoms with Crippen molar-refractivity contribution in [2.75, 3.05) is 19.6 Å². The molecule has 2 unspecified atom stereocenters. The lowest BCUT2D eigenvalue weighted by Gasteiger charge is -2.29. The molecule has 1 aromatic rings. The summed E-state index contributed by atoms with van der Waals surface area (Å²) in [6.07, 6.45) is 3.76. The molecule has 1 aromatic carbocycles. The SMILES string of the molecule is C=CC1C2CN(CC3(O)Cc4ccccc4C3)CC12. The Balaban J connectivity index is 1.41. The maximum absolute atomic E-state index is 10.8. The molecule has 0 aromatic heterocycles. The fraction of sp³-hybridized carbons (Fsp3) is 0.529. The van der Waals surface area contributed by atoms with Gasteiger partial charge in [0.2, 0.25) is 0 Å². The molecule has 19 heavy (non-hydrogen) atoms. The summed E-state index contributed by atoms with van der Waals surface area (Å²) in [5.74, 6) is 2.40. The van der Waals surface area contributed by atoms with E-state index in [1.165, 1.54) is 11.1 Å². The molecule has 0 bridgehead atoms. The Morgan fingerprint density at radius 3 is 2.32 bits per heavy atom. The zero-order valence-corrected chi connectivity index (χ0v) is 11.3. The number of piperidine rings is 1. The summed E-state index contributed by atoms with van der Waals surface area (Å²) in [6.45, 7) is 7.04. The van der Waals surface area contributed by atoms with Crippen LogP contribution in [0.3, 0.4) is 0 Å². The highest BCUT2D eigenvalue weighted by Gasteiger charge is 2.54. The number of fused-ring (bicyclic) bond motifs is 2. The molecule has 0 amide bonds. The summed E-state index contributed by atoms with van der Waals surface area (Å²) in [7, 11) is 0. The van der Waals surface area contributed by atoms with Gasteiger partial charge >= 0.3 is 0 Å². The summed E-state index contributed by atoms with van der Waals surface area (Å²) in [5.41, 5.74) is 2.13. The van der Waals surface area contributed by atoms with Crippen LogP contribution in [-0.2, 0) is 12.8 Å². The molecule has 4 rings (SSSR count). The minimum absolute atomic E-state index is 0.538. The Kier molecular flexibility index (Phi) is 2.42. The maximum atomic E-state index is 10.8. The van der Waals surface area contributed by atoms with E-state index in [1.54, 1.807) is 0 Å². The number of allylic oxidation sites excluding steroid dienone is 1. The first-order chi connectivity index (χ1) is 9.18. The number of nitrogens with zero attached hydrogens (tertiary/aromatic N) is 1. The molecule has 2 nitrogen and oxygen atoms in total. The summed E-state index contributed by atoms with van der Waals surface area (Å²) in [5, 5.41) is 10.8. The lowest BCUT2D eigenvalue weighted by Crippen LogP contribution is -2.44. The quantitative estimate of drug-likeness (QED) is 0.834. The second-order valence-electron chi connectivity index (χ2n) is 6.68. The van der Waals surface area contributed by atoms with Gasteiger partial charge in [0.05, 0.1) is 5.60 Å². The van der Waals surface area contributed by atoms with Crippen molar-refractivity contribution in [1.82, 2.24) is 4.90 Å². The second kappa shape index (κ2) is 3.94. The van der Waals surface area contributed by atoms with Crippen LogP contribution >= 0.6 is 0 Å². The third-order valence-electron chi connectivity index (χ3n) is 5.28. The van der Waals surface area contributed by atoms with Crippen LogP contribution in [0.2, 0.25) is 0 Å². The van der Waals surface area contributed by atoms with Crippen molar-refractivity contribution in [2.45, 2.75) is 18.4 Å². The number of aliphatic hydroxyl groups is 1. The van der Waals surface area contributed by atoms with E-state index < -0.39 is 5.60 Å². The van der Waals surface area contributed by atoms with Crippen molar-refractivity contribution in [1.29, 1.82) is 0 Å². The minimum atomic E-state index is -0.538. The highest BCUT2D eigenvalue weighted by Crippen LogP contribution is 2.52. The van der Waals surface area contributed by atoms with E-state index in [-0.39, 0.29) is 0 Å². The van der Waals surface area contributed by atoms with Crippen molar-refractivity contribution in [3.63, 3.8) is 0 Å². The van der Waals surface area contributed by atoms with E-state index in [2.05, 4.69) is 41.8 Å². The monoisotopic (exact) mass is 255 g/mol. The van der Waals surface area contributed by atoms with Gasteiger partial charge in [-0.05, 0) is 28.9 Å². The smallest absolute Gasteiger partial charge is 0.0854 e. The van der Waals surface area contributed by atoms with Crippen LogP contribution in [0.25, 0.3) is 0 Å². The van der Waals surface area contributed by atoms with Gasteiger partial charge in [-0.25, -0.2) is 0 Å². The van der Waals surface area contributed by atoms with Gasteiger partial charge in [0.15, 0.2) is 0 Å². The first kappa shape index (κ1) is 11.7. The zero-order valence-electron chi connectivity index (χ0n) is 11.3. The molecular formula is C17H21NO. The number of hydrogen-bond donors (Lipinski definition) is 1. The largest absolute Gasteiger partial charge is 0.388 e. The van der Waals surface area contributed by atoms with Gasteiger partial charge < -0.3 is 5.11 Å². The lowest BCUT2D eigenvalue weighted by atomic mass is 9.99. The summed E-state index contributed by atoms with van der Waals surface area (Å²) < 4.78 is 0. The molecule has 1 saturated heterocycles. The van der Waals surface area contributed by atoms with Crippen molar-refractivity contribution >= 4 is 0 Å². The Morgan fingerprint density at radius 1 is 1.21 bits per heavy atom. The Hall–Kier alpha value is -1.12. The van der Waals surface area contributed by atoms with E-state index in [1.807, 2.05) is 0 Å². The molecule has 2 atom stereocenters. The molecule has 1 saturated carbocycles. The molecule has 2 aliphatic carbocycles. The molecular weight excluding hydrogens is 234 g/mol. The Bertz CT molecular complexity index is 487. The predicted molar refractivity (Wildman–Crippen MR) is 75.9 cm³/mol. The Labute approximate surface area is 114 Å². The van der Waals surface area contributed by atoms with Crippen LogP contribution in [0.4, 0.5) is 0 Å². The molecule has 3 aliphatic rings. The normalized spacial score (nSPS) is 34.9.